The summed E-state index contributed by atoms with van der Waals surface area (Å²) in [5.74, 6) is 0.0374. The van der Waals surface area contributed by atoms with E-state index in [0.29, 0.717) is 0 Å². The predicted octanol–water partition coefficient (Wildman–Crippen LogP) is 2.99. The maximum absolute atomic E-state index is 11.6. The molecular weight excluding hydrogens is 204 g/mol. The van der Waals surface area contributed by atoms with Crippen molar-refractivity contribution in [3.05, 3.63) is 0 Å². The molecule has 0 N–H and O–H groups in total. The molecule has 0 amide bonds. The second-order valence-corrected chi connectivity index (χ2v) is 9.44. The summed E-state index contributed by atoms with van der Waals surface area (Å²) in [4.78, 5) is 11.6. The Bertz CT molecular complexity index is 220. The number of methoxy groups -OCH3 is 1. The summed E-state index contributed by atoms with van der Waals surface area (Å²) in [6.45, 7) is 6.58. The van der Waals surface area contributed by atoms with Gasteiger partial charge in [0.1, 0.15) is 0 Å². The van der Waals surface area contributed by atoms with E-state index in [0.717, 1.165) is 0 Å². The third-order valence-electron chi connectivity index (χ3n) is 4.33. The molecule has 1 aliphatic heterocycles. The van der Waals surface area contributed by atoms with Crippen LogP contribution >= 0.6 is 0 Å². The van der Waals surface area contributed by atoms with E-state index in [1.54, 1.807) is 0 Å². The lowest BCUT2D eigenvalue weighted by Crippen LogP contribution is -2.38. The minimum Gasteiger partial charge on any atom is -0.469 e. The van der Waals surface area contributed by atoms with Crippen LogP contribution in [0.25, 0.3) is 0 Å². The van der Waals surface area contributed by atoms with Crippen molar-refractivity contribution < 1.29 is 9.53 Å². The Morgan fingerprint density at radius 3 is 2.27 bits per heavy atom. The maximum Gasteiger partial charge on any atom is 0.308 e. The minimum atomic E-state index is -0.764. The van der Waals surface area contributed by atoms with Crippen molar-refractivity contribution in [2.45, 2.75) is 57.2 Å². The molecule has 88 valence electrons. The Hall–Kier alpha value is -0.313. The molecule has 1 fully saturated rings. The zero-order valence-electron chi connectivity index (χ0n) is 10.5. The lowest BCUT2D eigenvalue weighted by Gasteiger charge is -2.39. The first-order valence-electron chi connectivity index (χ1n) is 6.08. The fourth-order valence-corrected chi connectivity index (χ4v) is 6.86. The van der Waals surface area contributed by atoms with Crippen LogP contribution in [0.5, 0.6) is 0 Å². The van der Waals surface area contributed by atoms with Crippen LogP contribution in [-0.4, -0.2) is 21.9 Å². The van der Waals surface area contributed by atoms with Crippen LogP contribution in [0.4, 0.5) is 0 Å². The number of ether oxygens (including phenoxy) is 1. The van der Waals surface area contributed by atoms with E-state index in [1.165, 1.54) is 38.5 Å². The van der Waals surface area contributed by atoms with Gasteiger partial charge < -0.3 is 4.74 Å². The number of rotatable bonds is 3. The Labute approximate surface area is 95.0 Å². The molecule has 2 nitrogen and oxygen atoms in total. The Morgan fingerprint density at radius 1 is 1.27 bits per heavy atom. The molecule has 0 bridgehead atoms. The molecule has 15 heavy (non-hydrogen) atoms. The molecule has 0 spiro atoms. The van der Waals surface area contributed by atoms with Gasteiger partial charge in [0.15, 0.2) is 0 Å². The first-order valence-corrected chi connectivity index (χ1v) is 8.29. The van der Waals surface area contributed by atoms with Crippen molar-refractivity contribution in [3.63, 3.8) is 0 Å². The van der Waals surface area contributed by atoms with E-state index in [9.17, 15) is 4.79 Å². The van der Waals surface area contributed by atoms with Gasteiger partial charge in [0.05, 0.1) is 13.0 Å². The predicted molar refractivity (Wildman–Crippen MR) is 65.8 cm³/mol. The number of carbonyl (C=O) groups is 1. The first-order chi connectivity index (χ1) is 7.00. The van der Waals surface area contributed by atoms with Crippen molar-refractivity contribution in [3.8, 4) is 0 Å². The van der Waals surface area contributed by atoms with Gasteiger partial charge in [-0.2, -0.15) is 0 Å². The van der Waals surface area contributed by atoms with Gasteiger partial charge in [-0.3, -0.25) is 4.79 Å². The van der Waals surface area contributed by atoms with Gasteiger partial charge in [0.25, 0.3) is 0 Å². The Balaban J connectivity index is 2.66. The molecule has 3 heteroatoms. The van der Waals surface area contributed by atoms with Gasteiger partial charge in [0.2, 0.25) is 0 Å². The fourth-order valence-electron chi connectivity index (χ4n) is 2.68. The topological polar surface area (TPSA) is 26.3 Å². The van der Waals surface area contributed by atoms with E-state index in [-0.39, 0.29) is 16.9 Å². The third-order valence-corrected chi connectivity index (χ3v) is 9.14. The van der Waals surface area contributed by atoms with Crippen LogP contribution in [0.3, 0.4) is 0 Å². The second kappa shape index (κ2) is 5.15. The molecule has 0 aliphatic carbocycles. The molecule has 1 atom stereocenters. The molecule has 1 aliphatic rings. The van der Waals surface area contributed by atoms with Crippen molar-refractivity contribution in [2.24, 2.45) is 5.92 Å². The largest absolute Gasteiger partial charge is 0.469 e. The van der Waals surface area contributed by atoms with Crippen LogP contribution < -0.4 is 0 Å². The van der Waals surface area contributed by atoms with Crippen molar-refractivity contribution in [1.82, 2.24) is 0 Å². The van der Waals surface area contributed by atoms with Crippen LogP contribution in [0.15, 0.2) is 0 Å². The van der Waals surface area contributed by atoms with Crippen molar-refractivity contribution in [1.29, 1.82) is 0 Å². The first kappa shape index (κ1) is 12.8. The molecule has 0 aromatic carbocycles. The molecule has 0 aromatic heterocycles. The van der Waals surface area contributed by atoms with Crippen LogP contribution in [0.2, 0.25) is 17.1 Å². The lowest BCUT2D eigenvalue weighted by molar-refractivity contribution is -0.145. The second-order valence-electron chi connectivity index (χ2n) is 5.40. The van der Waals surface area contributed by atoms with Gasteiger partial charge in [-0.15, -0.1) is 0 Å². The average Bonchev–Trinajstić information content (AvgIpc) is 2.28. The van der Waals surface area contributed by atoms with Crippen molar-refractivity contribution >= 4 is 14.8 Å². The highest BCUT2D eigenvalue weighted by Crippen LogP contribution is 2.44. The highest BCUT2D eigenvalue weighted by atomic mass is 28.3. The van der Waals surface area contributed by atoms with Gasteiger partial charge >= 0.3 is 5.97 Å². The average molecular weight is 228 g/mol. The van der Waals surface area contributed by atoms with E-state index < -0.39 is 8.80 Å². The van der Waals surface area contributed by atoms with Crippen LogP contribution in [-0.2, 0) is 9.53 Å². The summed E-state index contributed by atoms with van der Waals surface area (Å²) in [5, 5.41) is 0.216. The van der Waals surface area contributed by atoms with E-state index in [2.05, 4.69) is 13.8 Å². The molecule has 1 rings (SSSR count). The van der Waals surface area contributed by atoms with E-state index >= 15 is 0 Å². The van der Waals surface area contributed by atoms with E-state index in [4.69, 9.17) is 4.74 Å². The third kappa shape index (κ3) is 2.83. The molecule has 1 unspecified atom stereocenters. The standard InChI is InChI=1S/C12H24O2Si/c1-10(11(13)14-4)12(2,3)15-8-6-5-7-9-15/h10,15H,5-9H2,1-4H3. The van der Waals surface area contributed by atoms with Crippen molar-refractivity contribution in [2.75, 3.05) is 7.11 Å². The van der Waals surface area contributed by atoms with Gasteiger partial charge in [-0.25, -0.2) is 0 Å². The molecular formula is C12H24O2Si. The van der Waals surface area contributed by atoms with Gasteiger partial charge in [0, 0.05) is 8.80 Å². The number of carbonyl (C=O) groups excluding carboxylic acids is 1. The van der Waals surface area contributed by atoms with Crippen LogP contribution in [0.1, 0.15) is 40.0 Å². The summed E-state index contributed by atoms with van der Waals surface area (Å²) in [7, 11) is 0.733. The molecule has 1 saturated heterocycles. The fraction of sp³-hybridized carbons (Fsp3) is 0.917. The van der Waals surface area contributed by atoms with Gasteiger partial charge in [-0.1, -0.05) is 52.1 Å². The minimum absolute atomic E-state index is 0.0296. The Kier molecular flexibility index (Phi) is 4.38. The summed E-state index contributed by atoms with van der Waals surface area (Å²) < 4.78 is 4.87. The number of hydrogen-bond donors (Lipinski definition) is 0. The summed E-state index contributed by atoms with van der Waals surface area (Å²) in [5.41, 5.74) is 0. The normalized spacial score (nSPS) is 21.1. The zero-order chi connectivity index (χ0) is 11.5. The summed E-state index contributed by atoms with van der Waals surface area (Å²) >= 11 is 0. The maximum atomic E-state index is 11.6. The lowest BCUT2D eigenvalue weighted by atomic mass is 9.97. The molecule has 0 aromatic rings. The molecule has 0 saturated carbocycles. The number of esters is 1. The molecule has 1 heterocycles. The molecule has 0 radical (unpaired) electrons. The summed E-state index contributed by atoms with van der Waals surface area (Å²) in [6, 6.07) is 2.82. The highest BCUT2D eigenvalue weighted by Gasteiger charge is 2.40. The Morgan fingerprint density at radius 2 is 1.80 bits per heavy atom. The summed E-state index contributed by atoms with van der Waals surface area (Å²) in [6.07, 6.45) is 4.16. The monoisotopic (exact) mass is 228 g/mol. The zero-order valence-corrected chi connectivity index (χ0v) is 11.7. The van der Waals surface area contributed by atoms with Gasteiger partial charge in [-0.05, 0) is 5.04 Å². The number of hydrogen-bond acceptors (Lipinski definition) is 2. The SMILES string of the molecule is COC(=O)C(C)C(C)(C)[SiH]1CCCCC1. The quantitative estimate of drug-likeness (QED) is 0.548. The van der Waals surface area contributed by atoms with E-state index in [1.807, 2.05) is 6.92 Å². The smallest absolute Gasteiger partial charge is 0.308 e. The van der Waals surface area contributed by atoms with Crippen LogP contribution in [0, 0.1) is 5.92 Å². The highest BCUT2D eigenvalue weighted by molar-refractivity contribution is 6.62.